The molecule has 24 heavy (non-hydrogen) atoms. The van der Waals surface area contributed by atoms with Gasteiger partial charge in [0.25, 0.3) is 0 Å². The molecule has 0 spiro atoms. The second-order valence-electron chi connectivity index (χ2n) is 6.76. The third-order valence-corrected chi connectivity index (χ3v) is 5.77. The summed E-state index contributed by atoms with van der Waals surface area (Å²) in [4.78, 5) is 16.2. The van der Waals surface area contributed by atoms with Crippen molar-refractivity contribution in [3.05, 3.63) is 12.1 Å². The molecule has 0 radical (unpaired) electrons. The van der Waals surface area contributed by atoms with Crippen LogP contribution in [0.3, 0.4) is 0 Å². The summed E-state index contributed by atoms with van der Waals surface area (Å²) in [7, 11) is 3.66. The van der Waals surface area contributed by atoms with Crippen molar-refractivity contribution in [2.75, 3.05) is 14.1 Å². The Bertz CT molecular complexity index is 598. The van der Waals surface area contributed by atoms with Crippen LogP contribution in [0.1, 0.15) is 46.5 Å². The van der Waals surface area contributed by atoms with Crippen molar-refractivity contribution in [1.29, 1.82) is 0 Å². The Morgan fingerprint density at radius 1 is 1.21 bits per heavy atom. The quantitative estimate of drug-likeness (QED) is 0.542. The lowest BCUT2D eigenvalue weighted by molar-refractivity contribution is 0.0280. The summed E-state index contributed by atoms with van der Waals surface area (Å²) in [5.41, 5.74) is 0.109. The average molecular weight is 370 g/mol. The maximum Gasteiger partial charge on any atom is 0.227 e. The molecule has 0 bridgehead atoms. The van der Waals surface area contributed by atoms with E-state index in [1.54, 1.807) is 10.1 Å². The molecule has 0 aliphatic heterocycles. The number of rotatable bonds is 8. The summed E-state index contributed by atoms with van der Waals surface area (Å²) in [6.07, 6.45) is 4.39. The molecule has 0 amide bonds. The normalized spacial score (nSPS) is 16.2. The Kier molecular flexibility index (Phi) is 6.09. The molecular weight excluding hydrogens is 342 g/mol. The fraction of sp³-hybridized carbons (Fsp3) is 0.647. The van der Waals surface area contributed by atoms with Crippen molar-refractivity contribution in [3.8, 4) is 11.8 Å². The average Bonchev–Trinajstić information content (AvgIpc) is 3.14. The largest absolute Gasteiger partial charge is 0.361 e. The predicted octanol–water partition coefficient (Wildman–Crippen LogP) is 4.36. The zero-order chi connectivity index (χ0) is 17.9. The number of hydrogen-bond donors (Lipinski definition) is 1. The van der Waals surface area contributed by atoms with Gasteiger partial charge in [-0.05, 0) is 19.3 Å². The smallest absolute Gasteiger partial charge is 0.227 e. The van der Waals surface area contributed by atoms with Crippen molar-refractivity contribution < 1.29 is 9.68 Å². The first-order valence-electron chi connectivity index (χ1n) is 8.37. The van der Waals surface area contributed by atoms with E-state index >= 15 is 0 Å². The van der Waals surface area contributed by atoms with Crippen LogP contribution in [0.25, 0.3) is 0 Å². The minimum absolute atomic E-state index is 0.109. The minimum atomic E-state index is 0.109. The second-order valence-corrected chi connectivity index (χ2v) is 7.56. The van der Waals surface area contributed by atoms with Crippen LogP contribution in [0, 0.1) is 11.3 Å². The number of aromatic nitrogens is 1. The molecule has 1 N–H and O–H groups in total. The standard InChI is InChI=1S/C17H27N3O2S2/c1-6-7-12(2)15(23)19(4)21-13-8-9-14(18-13)22-20(5)16(24)17(3)10-11-17/h8-9,12,18H,6-7,10-11H2,1-5H3. The lowest BCUT2D eigenvalue weighted by Gasteiger charge is -2.24. The van der Waals surface area contributed by atoms with Crippen LogP contribution < -0.4 is 9.68 Å². The van der Waals surface area contributed by atoms with Gasteiger partial charge in [0.05, 0.1) is 0 Å². The van der Waals surface area contributed by atoms with Crippen LogP contribution in [-0.4, -0.2) is 39.2 Å². The van der Waals surface area contributed by atoms with Crippen molar-refractivity contribution >= 4 is 34.4 Å². The molecule has 1 aromatic heterocycles. The van der Waals surface area contributed by atoms with Gasteiger partial charge in [-0.1, -0.05) is 51.6 Å². The lowest BCUT2D eigenvalue weighted by atomic mass is 10.1. The third kappa shape index (κ3) is 4.60. The van der Waals surface area contributed by atoms with E-state index in [0.29, 0.717) is 17.7 Å². The zero-order valence-electron chi connectivity index (χ0n) is 15.1. The molecule has 1 saturated carbocycles. The molecular formula is C17H27N3O2S2. The van der Waals surface area contributed by atoms with Crippen molar-refractivity contribution in [1.82, 2.24) is 15.1 Å². The number of nitrogens with zero attached hydrogens (tertiary/aromatic N) is 2. The summed E-state index contributed by atoms with van der Waals surface area (Å²) >= 11 is 10.9. The van der Waals surface area contributed by atoms with Gasteiger partial charge in [0, 0.05) is 37.6 Å². The summed E-state index contributed by atoms with van der Waals surface area (Å²) in [5, 5.41) is 3.28. The predicted molar refractivity (Wildman–Crippen MR) is 104 cm³/mol. The molecule has 1 aliphatic rings. The summed E-state index contributed by atoms with van der Waals surface area (Å²) in [6.45, 7) is 6.42. The number of nitrogens with one attached hydrogen (secondary N) is 1. The molecule has 134 valence electrons. The van der Waals surface area contributed by atoms with Gasteiger partial charge in [0.2, 0.25) is 11.8 Å². The fourth-order valence-electron chi connectivity index (χ4n) is 2.49. The van der Waals surface area contributed by atoms with E-state index < -0.39 is 0 Å². The van der Waals surface area contributed by atoms with E-state index in [-0.39, 0.29) is 5.41 Å². The molecule has 5 nitrogen and oxygen atoms in total. The first kappa shape index (κ1) is 19.0. The summed E-state index contributed by atoms with van der Waals surface area (Å²) in [5.74, 6) is 1.47. The Morgan fingerprint density at radius 2 is 1.75 bits per heavy atom. The van der Waals surface area contributed by atoms with Crippen molar-refractivity contribution in [2.24, 2.45) is 11.3 Å². The van der Waals surface area contributed by atoms with Gasteiger partial charge >= 0.3 is 0 Å². The molecule has 7 heteroatoms. The Balaban J connectivity index is 1.88. The Morgan fingerprint density at radius 3 is 2.25 bits per heavy atom. The van der Waals surface area contributed by atoms with Crippen molar-refractivity contribution in [3.63, 3.8) is 0 Å². The Hall–Kier alpha value is -1.34. The van der Waals surface area contributed by atoms with E-state index in [1.807, 2.05) is 26.2 Å². The van der Waals surface area contributed by atoms with Crippen LogP contribution in [0.4, 0.5) is 0 Å². The fourth-order valence-corrected chi connectivity index (χ4v) is 2.89. The Labute approximate surface area is 155 Å². The van der Waals surface area contributed by atoms with Crippen LogP contribution >= 0.6 is 24.4 Å². The molecule has 0 saturated heterocycles. The monoisotopic (exact) mass is 369 g/mol. The van der Waals surface area contributed by atoms with Crippen molar-refractivity contribution in [2.45, 2.75) is 46.5 Å². The van der Waals surface area contributed by atoms with Crippen LogP contribution in [0.2, 0.25) is 0 Å². The summed E-state index contributed by atoms with van der Waals surface area (Å²) < 4.78 is 0. The molecule has 1 heterocycles. The van der Waals surface area contributed by atoms with Gasteiger partial charge < -0.3 is 9.68 Å². The first-order chi connectivity index (χ1) is 11.3. The van der Waals surface area contributed by atoms with Gasteiger partial charge in [0.1, 0.15) is 9.98 Å². The SMILES string of the molecule is CCCC(C)C(=S)N(C)Oc1ccc(ON(C)C(=S)C2(C)CC2)[nH]1. The number of aromatic amines is 1. The summed E-state index contributed by atoms with van der Waals surface area (Å²) in [6, 6.07) is 3.63. The van der Waals surface area contributed by atoms with E-state index in [0.717, 1.165) is 35.7 Å². The van der Waals surface area contributed by atoms with Gasteiger partial charge in [-0.3, -0.25) is 4.98 Å². The molecule has 1 aliphatic carbocycles. The first-order valence-corrected chi connectivity index (χ1v) is 9.19. The topological polar surface area (TPSA) is 40.7 Å². The van der Waals surface area contributed by atoms with Crippen LogP contribution in [-0.2, 0) is 0 Å². The molecule has 1 fully saturated rings. The number of H-pyrrole nitrogens is 1. The highest BCUT2D eigenvalue weighted by Gasteiger charge is 2.44. The van der Waals surface area contributed by atoms with Gasteiger partial charge in [-0.2, -0.15) is 0 Å². The molecule has 1 unspecified atom stereocenters. The second kappa shape index (κ2) is 7.70. The van der Waals surface area contributed by atoms with Gasteiger partial charge in [-0.15, -0.1) is 0 Å². The highest BCUT2D eigenvalue weighted by Crippen LogP contribution is 2.47. The molecule has 2 rings (SSSR count). The highest BCUT2D eigenvalue weighted by atomic mass is 32.1. The van der Waals surface area contributed by atoms with E-state index in [1.165, 1.54) is 0 Å². The van der Waals surface area contributed by atoms with Gasteiger partial charge in [0.15, 0.2) is 0 Å². The third-order valence-electron chi connectivity index (χ3n) is 4.36. The highest BCUT2D eigenvalue weighted by molar-refractivity contribution is 7.80. The number of thiocarbonyl (C=S) groups is 2. The number of hydroxylamine groups is 4. The lowest BCUT2D eigenvalue weighted by Crippen LogP contribution is -2.34. The molecule has 1 atom stereocenters. The maximum atomic E-state index is 5.76. The van der Waals surface area contributed by atoms with Gasteiger partial charge in [-0.25, -0.2) is 10.1 Å². The van der Waals surface area contributed by atoms with E-state index in [4.69, 9.17) is 34.1 Å². The molecule has 1 aromatic rings. The van der Waals surface area contributed by atoms with E-state index in [9.17, 15) is 0 Å². The number of hydrogen-bond acceptors (Lipinski definition) is 4. The van der Waals surface area contributed by atoms with Crippen LogP contribution in [0.15, 0.2) is 12.1 Å². The maximum absolute atomic E-state index is 5.76. The van der Waals surface area contributed by atoms with Crippen LogP contribution in [0.5, 0.6) is 11.8 Å². The molecule has 0 aromatic carbocycles. The zero-order valence-corrected chi connectivity index (χ0v) is 16.7. The minimum Gasteiger partial charge on any atom is -0.361 e. The van der Waals surface area contributed by atoms with E-state index in [2.05, 4.69) is 25.8 Å².